The third-order valence-electron chi connectivity index (χ3n) is 3.60. The first kappa shape index (κ1) is 10.9. The van der Waals surface area contributed by atoms with E-state index in [-0.39, 0.29) is 17.8 Å². The molecule has 0 unspecified atom stereocenters. The summed E-state index contributed by atoms with van der Waals surface area (Å²) in [5, 5.41) is 3.19. The summed E-state index contributed by atoms with van der Waals surface area (Å²) in [5.41, 5.74) is 0.461. The number of alkyl halides is 1. The van der Waals surface area contributed by atoms with Crippen molar-refractivity contribution < 1.29 is 4.39 Å². The van der Waals surface area contributed by atoms with E-state index in [1.54, 1.807) is 0 Å². The van der Waals surface area contributed by atoms with Crippen LogP contribution in [-0.2, 0) is 5.41 Å². The Kier molecular flexibility index (Phi) is 2.52. The monoisotopic (exact) mass is 227 g/mol. The molecule has 3 heteroatoms. The van der Waals surface area contributed by atoms with Gasteiger partial charge >= 0.3 is 0 Å². The number of fused-ring (bicyclic) bond motifs is 2. The zero-order valence-corrected chi connectivity index (χ0v) is 9.32. The highest BCUT2D eigenvalue weighted by Gasteiger charge is 2.58. The topological polar surface area (TPSA) is 12.0 Å². The van der Waals surface area contributed by atoms with Gasteiger partial charge in [0.15, 0.2) is 0 Å². The van der Waals surface area contributed by atoms with E-state index in [1.165, 1.54) is 5.56 Å². The maximum atomic E-state index is 13.8. The zero-order valence-electron chi connectivity index (χ0n) is 8.50. The van der Waals surface area contributed by atoms with Crippen molar-refractivity contribution in [2.45, 2.75) is 23.9 Å². The number of rotatable bonds is 1. The summed E-state index contributed by atoms with van der Waals surface area (Å²) < 4.78 is 13.8. The summed E-state index contributed by atoms with van der Waals surface area (Å²) >= 11 is 0. The first-order chi connectivity index (χ1) is 6.73. The van der Waals surface area contributed by atoms with Gasteiger partial charge in [-0.05, 0) is 18.4 Å². The largest absolute Gasteiger partial charge is 0.313 e. The van der Waals surface area contributed by atoms with Crippen molar-refractivity contribution in [3.8, 4) is 0 Å². The first-order valence-corrected chi connectivity index (χ1v) is 5.18. The molecule has 0 spiro atoms. The molecule has 4 rings (SSSR count). The molecule has 1 aliphatic carbocycles. The third kappa shape index (κ3) is 1.56. The average Bonchev–Trinajstić information content (AvgIpc) is 2.18. The molecule has 1 N–H and O–H groups in total. The molecule has 3 aliphatic rings. The van der Waals surface area contributed by atoms with Gasteiger partial charge < -0.3 is 5.32 Å². The van der Waals surface area contributed by atoms with E-state index < -0.39 is 5.67 Å². The predicted octanol–water partition coefficient (Wildman–Crippen LogP) is 2.45. The Labute approximate surface area is 95.5 Å². The van der Waals surface area contributed by atoms with Gasteiger partial charge in [0.05, 0.1) is 0 Å². The minimum atomic E-state index is -0.923. The molecule has 0 atom stereocenters. The van der Waals surface area contributed by atoms with Crippen LogP contribution in [0.15, 0.2) is 30.3 Å². The van der Waals surface area contributed by atoms with Crippen LogP contribution in [-0.4, -0.2) is 18.8 Å². The van der Waals surface area contributed by atoms with E-state index in [0.29, 0.717) is 19.4 Å². The molecule has 0 aromatic heterocycles. The molecule has 0 radical (unpaired) electrons. The highest BCUT2D eigenvalue weighted by molar-refractivity contribution is 5.85. The third-order valence-corrected chi connectivity index (χ3v) is 3.60. The van der Waals surface area contributed by atoms with Crippen LogP contribution < -0.4 is 5.32 Å². The van der Waals surface area contributed by atoms with Gasteiger partial charge in [-0.25, -0.2) is 4.39 Å². The fourth-order valence-corrected chi connectivity index (χ4v) is 3.03. The van der Waals surface area contributed by atoms with E-state index in [2.05, 4.69) is 17.4 Å². The number of hydrogen-bond donors (Lipinski definition) is 1. The van der Waals surface area contributed by atoms with Gasteiger partial charge in [0, 0.05) is 18.5 Å². The molecule has 82 valence electrons. The van der Waals surface area contributed by atoms with Crippen LogP contribution in [0.1, 0.15) is 18.4 Å². The SMILES string of the molecule is Cl.FC12CNCC(c3ccccc3)(C1)C2. The minimum Gasteiger partial charge on any atom is -0.313 e. The second-order valence-electron chi connectivity index (χ2n) is 4.75. The first-order valence-electron chi connectivity index (χ1n) is 5.18. The fourth-order valence-electron chi connectivity index (χ4n) is 3.03. The summed E-state index contributed by atoms with van der Waals surface area (Å²) in [6, 6.07) is 10.3. The second kappa shape index (κ2) is 3.46. The molecule has 2 saturated heterocycles. The van der Waals surface area contributed by atoms with Crippen molar-refractivity contribution in [2.75, 3.05) is 13.1 Å². The van der Waals surface area contributed by atoms with Gasteiger partial charge in [0.25, 0.3) is 0 Å². The minimum absolute atomic E-state index is 0. The lowest BCUT2D eigenvalue weighted by Gasteiger charge is -2.56. The van der Waals surface area contributed by atoms with Crippen LogP contribution in [0.2, 0.25) is 0 Å². The summed E-state index contributed by atoms with van der Waals surface area (Å²) in [7, 11) is 0. The number of benzene rings is 1. The summed E-state index contributed by atoms with van der Waals surface area (Å²) in [6.07, 6.45) is 1.41. The van der Waals surface area contributed by atoms with Gasteiger partial charge in [0.2, 0.25) is 0 Å². The molecule has 2 aliphatic heterocycles. The Morgan fingerprint density at radius 1 is 1.07 bits per heavy atom. The van der Waals surface area contributed by atoms with E-state index in [0.717, 1.165) is 6.54 Å². The molecule has 2 heterocycles. The van der Waals surface area contributed by atoms with Crippen molar-refractivity contribution in [3.05, 3.63) is 35.9 Å². The Balaban J connectivity index is 0.000000853. The number of hydrogen-bond acceptors (Lipinski definition) is 1. The molecule has 2 bridgehead atoms. The van der Waals surface area contributed by atoms with E-state index >= 15 is 0 Å². The lowest BCUT2D eigenvalue weighted by Crippen LogP contribution is -2.66. The van der Waals surface area contributed by atoms with E-state index in [4.69, 9.17) is 0 Å². The lowest BCUT2D eigenvalue weighted by atomic mass is 9.54. The Morgan fingerprint density at radius 3 is 2.33 bits per heavy atom. The standard InChI is InChI=1S/C12H14FN.ClH/c13-12-6-11(7-12,8-14-9-12)10-4-2-1-3-5-10;/h1-5,14H,6-9H2;1H. The normalized spacial score (nSPS) is 37.7. The zero-order chi connectivity index (χ0) is 9.65. The number of piperidine rings is 2. The highest BCUT2D eigenvalue weighted by Crippen LogP contribution is 2.54. The lowest BCUT2D eigenvalue weighted by molar-refractivity contribution is -0.0488. The quantitative estimate of drug-likeness (QED) is 0.777. The van der Waals surface area contributed by atoms with Crippen LogP contribution in [0.5, 0.6) is 0 Å². The molecule has 0 amide bonds. The van der Waals surface area contributed by atoms with Crippen molar-refractivity contribution in [1.82, 2.24) is 5.32 Å². The van der Waals surface area contributed by atoms with Crippen LogP contribution >= 0.6 is 12.4 Å². The Bertz CT molecular complexity index is 346. The van der Waals surface area contributed by atoms with Crippen LogP contribution in [0.25, 0.3) is 0 Å². The second-order valence-corrected chi connectivity index (χ2v) is 4.75. The van der Waals surface area contributed by atoms with Crippen LogP contribution in [0.3, 0.4) is 0 Å². The summed E-state index contributed by atoms with van der Waals surface area (Å²) in [5.74, 6) is 0. The van der Waals surface area contributed by atoms with Gasteiger partial charge in [-0.2, -0.15) is 0 Å². The van der Waals surface area contributed by atoms with Crippen molar-refractivity contribution in [1.29, 1.82) is 0 Å². The molecule has 1 nitrogen and oxygen atoms in total. The Hall–Kier alpha value is -0.600. The Morgan fingerprint density at radius 2 is 1.73 bits per heavy atom. The molecule has 1 saturated carbocycles. The molecule has 1 aromatic rings. The summed E-state index contributed by atoms with van der Waals surface area (Å²) in [4.78, 5) is 0. The average molecular weight is 228 g/mol. The van der Waals surface area contributed by atoms with Crippen LogP contribution in [0, 0.1) is 0 Å². The van der Waals surface area contributed by atoms with Gasteiger partial charge in [0.1, 0.15) is 5.67 Å². The van der Waals surface area contributed by atoms with Gasteiger partial charge in [-0.1, -0.05) is 30.3 Å². The fraction of sp³-hybridized carbons (Fsp3) is 0.500. The highest BCUT2D eigenvalue weighted by atomic mass is 35.5. The van der Waals surface area contributed by atoms with Gasteiger partial charge in [-0.3, -0.25) is 0 Å². The van der Waals surface area contributed by atoms with Crippen molar-refractivity contribution in [3.63, 3.8) is 0 Å². The predicted molar refractivity (Wildman–Crippen MR) is 61.3 cm³/mol. The maximum Gasteiger partial charge on any atom is 0.125 e. The van der Waals surface area contributed by atoms with Gasteiger partial charge in [-0.15, -0.1) is 12.4 Å². The number of nitrogens with one attached hydrogen (secondary N) is 1. The van der Waals surface area contributed by atoms with Crippen molar-refractivity contribution >= 4 is 12.4 Å². The maximum absolute atomic E-state index is 13.8. The molecule has 1 aromatic carbocycles. The summed E-state index contributed by atoms with van der Waals surface area (Å²) in [6.45, 7) is 1.48. The van der Waals surface area contributed by atoms with E-state index in [9.17, 15) is 4.39 Å². The van der Waals surface area contributed by atoms with E-state index in [1.807, 2.05) is 18.2 Å². The number of halogens is 2. The molecular weight excluding hydrogens is 213 g/mol. The van der Waals surface area contributed by atoms with Crippen molar-refractivity contribution in [2.24, 2.45) is 0 Å². The van der Waals surface area contributed by atoms with Crippen LogP contribution in [0.4, 0.5) is 4.39 Å². The molecule has 15 heavy (non-hydrogen) atoms. The smallest absolute Gasteiger partial charge is 0.125 e. The molecular formula is C12H15ClFN. The molecule has 3 fully saturated rings.